The first-order valence-electron chi connectivity index (χ1n) is 7.25. The molecule has 4 nitrogen and oxygen atoms in total. The van der Waals surface area contributed by atoms with Gasteiger partial charge in [0, 0.05) is 5.75 Å². The molecule has 2 aromatic carbocycles. The molecule has 2 rings (SSSR count). The summed E-state index contributed by atoms with van der Waals surface area (Å²) in [6, 6.07) is 15.4. The van der Waals surface area contributed by atoms with Crippen LogP contribution in [0.4, 0.5) is 0 Å². The smallest absolute Gasteiger partial charge is 0.180 e. The fourth-order valence-corrected chi connectivity index (χ4v) is 2.63. The lowest BCUT2D eigenvalue weighted by molar-refractivity contribution is 0.363. The van der Waals surface area contributed by atoms with Crippen LogP contribution in [0.5, 0.6) is 5.75 Å². The standard InChI is InChI=1S/C18H18ClN3OS/c1-2-10-23-17-9-8-15(11-16(17)19)12-21-22-18(20)24-13-14-6-4-3-5-7-14/h2-9,11-12H,1,10,13H2,(H2,20,22). The maximum Gasteiger partial charge on any atom is 0.180 e. The Balaban J connectivity index is 1.90. The topological polar surface area (TPSA) is 60.0 Å². The Morgan fingerprint density at radius 1 is 1.25 bits per heavy atom. The predicted molar refractivity (Wildman–Crippen MR) is 104 cm³/mol. The molecule has 2 N–H and O–H groups in total. The van der Waals surface area contributed by atoms with Crippen LogP contribution < -0.4 is 10.5 Å². The molecule has 0 aliphatic carbocycles. The normalized spacial score (nSPS) is 11.6. The summed E-state index contributed by atoms with van der Waals surface area (Å²) in [7, 11) is 0. The van der Waals surface area contributed by atoms with E-state index >= 15 is 0 Å². The van der Waals surface area contributed by atoms with Crippen LogP contribution in [0.15, 0.2) is 71.4 Å². The van der Waals surface area contributed by atoms with Gasteiger partial charge in [-0.1, -0.05) is 66.3 Å². The van der Waals surface area contributed by atoms with Crippen molar-refractivity contribution in [2.75, 3.05) is 6.61 Å². The molecule has 0 saturated heterocycles. The van der Waals surface area contributed by atoms with Gasteiger partial charge in [-0.05, 0) is 29.3 Å². The summed E-state index contributed by atoms with van der Waals surface area (Å²) >= 11 is 7.58. The van der Waals surface area contributed by atoms with Crippen molar-refractivity contribution in [2.24, 2.45) is 15.9 Å². The molecule has 0 aliphatic heterocycles. The van der Waals surface area contributed by atoms with Crippen molar-refractivity contribution in [3.63, 3.8) is 0 Å². The van der Waals surface area contributed by atoms with E-state index in [9.17, 15) is 0 Å². The third-order valence-electron chi connectivity index (χ3n) is 2.91. The minimum Gasteiger partial charge on any atom is -0.488 e. The zero-order chi connectivity index (χ0) is 17.2. The van der Waals surface area contributed by atoms with E-state index in [4.69, 9.17) is 22.1 Å². The van der Waals surface area contributed by atoms with Crippen molar-refractivity contribution in [1.82, 2.24) is 0 Å². The molecule has 0 heterocycles. The Bertz CT molecular complexity index is 732. The molecule has 0 aliphatic rings. The predicted octanol–water partition coefficient (Wildman–Crippen LogP) is 4.49. The summed E-state index contributed by atoms with van der Waals surface area (Å²) in [6.45, 7) is 4.01. The first-order valence-corrected chi connectivity index (χ1v) is 8.62. The quantitative estimate of drug-likeness (QED) is 0.343. The number of nitrogens with zero attached hydrogens (tertiary/aromatic N) is 2. The molecule has 124 valence electrons. The monoisotopic (exact) mass is 359 g/mol. The highest BCUT2D eigenvalue weighted by atomic mass is 35.5. The number of hydrogen-bond acceptors (Lipinski definition) is 4. The highest BCUT2D eigenvalue weighted by molar-refractivity contribution is 8.13. The first-order chi connectivity index (χ1) is 11.7. The van der Waals surface area contributed by atoms with Gasteiger partial charge < -0.3 is 10.5 Å². The van der Waals surface area contributed by atoms with E-state index in [1.807, 2.05) is 36.4 Å². The Morgan fingerprint density at radius 3 is 2.75 bits per heavy atom. The third-order valence-corrected chi connectivity index (χ3v) is 4.06. The second-order valence-corrected chi connectivity index (χ2v) is 6.15. The van der Waals surface area contributed by atoms with Crippen molar-refractivity contribution in [3.8, 4) is 5.75 Å². The number of amidine groups is 1. The maximum absolute atomic E-state index is 6.14. The first kappa shape index (κ1) is 18.1. The van der Waals surface area contributed by atoms with Gasteiger partial charge in [-0.15, -0.1) is 5.10 Å². The summed E-state index contributed by atoms with van der Waals surface area (Å²) in [5, 5.41) is 8.88. The van der Waals surface area contributed by atoms with Crippen LogP contribution in [0.3, 0.4) is 0 Å². The van der Waals surface area contributed by atoms with Gasteiger partial charge in [0.15, 0.2) is 5.17 Å². The van der Waals surface area contributed by atoms with Gasteiger partial charge in [-0.25, -0.2) is 0 Å². The van der Waals surface area contributed by atoms with Crippen LogP contribution in [0.2, 0.25) is 5.02 Å². The average Bonchev–Trinajstić information content (AvgIpc) is 2.60. The van der Waals surface area contributed by atoms with Crippen molar-refractivity contribution in [1.29, 1.82) is 0 Å². The third kappa shape index (κ3) is 6.10. The van der Waals surface area contributed by atoms with Crippen LogP contribution in [0.25, 0.3) is 0 Å². The number of nitrogens with two attached hydrogens (primary N) is 1. The van der Waals surface area contributed by atoms with Crippen molar-refractivity contribution < 1.29 is 4.74 Å². The highest BCUT2D eigenvalue weighted by Gasteiger charge is 2.01. The molecular formula is C18H18ClN3OS. The molecular weight excluding hydrogens is 342 g/mol. The molecule has 0 bridgehead atoms. The summed E-state index contributed by atoms with van der Waals surface area (Å²) < 4.78 is 5.41. The number of hydrogen-bond donors (Lipinski definition) is 1. The number of rotatable bonds is 7. The molecule has 0 unspecified atom stereocenters. The SMILES string of the molecule is C=CCOc1ccc(C=NN=C(N)SCc2ccccc2)cc1Cl. The van der Waals surface area contributed by atoms with Gasteiger partial charge in [-0.3, -0.25) is 0 Å². The summed E-state index contributed by atoms with van der Waals surface area (Å²) in [5.74, 6) is 1.36. The van der Waals surface area contributed by atoms with Gasteiger partial charge in [0.25, 0.3) is 0 Å². The molecule has 2 aromatic rings. The van der Waals surface area contributed by atoms with Crippen molar-refractivity contribution in [2.45, 2.75) is 5.75 Å². The second-order valence-electron chi connectivity index (χ2n) is 4.75. The van der Waals surface area contributed by atoms with Gasteiger partial charge in [0.05, 0.1) is 11.2 Å². The van der Waals surface area contributed by atoms with Crippen molar-refractivity contribution in [3.05, 3.63) is 77.3 Å². The largest absolute Gasteiger partial charge is 0.488 e. The molecule has 0 amide bonds. The second kappa shape index (κ2) is 9.80. The van der Waals surface area contributed by atoms with Crippen LogP contribution >= 0.6 is 23.4 Å². The summed E-state index contributed by atoms with van der Waals surface area (Å²) in [6.07, 6.45) is 3.26. The number of thioether (sulfide) groups is 1. The number of halogens is 1. The minimum atomic E-state index is 0.409. The number of benzene rings is 2. The van der Waals surface area contributed by atoms with E-state index in [1.54, 1.807) is 24.4 Å². The van der Waals surface area contributed by atoms with Gasteiger partial charge >= 0.3 is 0 Å². The van der Waals surface area contributed by atoms with Gasteiger partial charge in [0.1, 0.15) is 12.4 Å². The van der Waals surface area contributed by atoms with Crippen LogP contribution in [0, 0.1) is 0 Å². The van der Waals surface area contributed by atoms with E-state index < -0.39 is 0 Å². The molecule has 0 saturated carbocycles. The van der Waals surface area contributed by atoms with Gasteiger partial charge in [0.2, 0.25) is 0 Å². The van der Waals surface area contributed by atoms with Crippen LogP contribution in [-0.4, -0.2) is 18.0 Å². The Hall–Kier alpha value is -2.24. The highest BCUT2D eigenvalue weighted by Crippen LogP contribution is 2.24. The Morgan fingerprint density at radius 2 is 2.04 bits per heavy atom. The fourth-order valence-electron chi connectivity index (χ4n) is 1.78. The number of ether oxygens (including phenoxy) is 1. The average molecular weight is 360 g/mol. The molecule has 0 fully saturated rings. The van der Waals surface area contributed by atoms with E-state index in [0.717, 1.165) is 11.3 Å². The van der Waals surface area contributed by atoms with Crippen LogP contribution in [-0.2, 0) is 5.75 Å². The van der Waals surface area contributed by atoms with Crippen LogP contribution in [0.1, 0.15) is 11.1 Å². The Labute approximate surface area is 151 Å². The van der Waals surface area contributed by atoms with E-state index in [0.29, 0.717) is 22.5 Å². The van der Waals surface area contributed by atoms with Crippen molar-refractivity contribution >= 4 is 34.7 Å². The molecule has 0 aromatic heterocycles. The Kier molecular flexibility index (Phi) is 7.39. The van der Waals surface area contributed by atoms with E-state index in [2.05, 4.69) is 16.8 Å². The molecule has 0 spiro atoms. The molecule has 0 radical (unpaired) electrons. The van der Waals surface area contributed by atoms with E-state index in [-0.39, 0.29) is 0 Å². The zero-order valence-corrected chi connectivity index (χ0v) is 14.6. The molecule has 24 heavy (non-hydrogen) atoms. The zero-order valence-electron chi connectivity index (χ0n) is 13.1. The minimum absolute atomic E-state index is 0.409. The maximum atomic E-state index is 6.14. The summed E-state index contributed by atoms with van der Waals surface area (Å²) in [4.78, 5) is 0. The molecule has 6 heteroatoms. The molecule has 0 atom stereocenters. The lowest BCUT2D eigenvalue weighted by Gasteiger charge is -2.05. The lowest BCUT2D eigenvalue weighted by atomic mass is 10.2. The lowest BCUT2D eigenvalue weighted by Crippen LogP contribution is -2.06. The van der Waals surface area contributed by atoms with E-state index in [1.165, 1.54) is 17.3 Å². The fraction of sp³-hybridized carbons (Fsp3) is 0.111. The summed E-state index contributed by atoms with van der Waals surface area (Å²) in [5.41, 5.74) is 7.84. The van der Waals surface area contributed by atoms with Gasteiger partial charge in [-0.2, -0.15) is 5.10 Å².